The molecule has 4 heteroatoms. The van der Waals surface area contributed by atoms with Crippen molar-refractivity contribution < 1.29 is 9.50 Å². The molecule has 2 nitrogen and oxygen atoms in total. The summed E-state index contributed by atoms with van der Waals surface area (Å²) in [6.07, 6.45) is 2.32. The summed E-state index contributed by atoms with van der Waals surface area (Å²) in [7, 11) is 0. The van der Waals surface area contributed by atoms with Crippen LogP contribution in [-0.4, -0.2) is 17.7 Å². The third-order valence-electron chi connectivity index (χ3n) is 3.00. The van der Waals surface area contributed by atoms with E-state index in [-0.39, 0.29) is 5.02 Å². The Kier molecular flexibility index (Phi) is 3.79. The topological polar surface area (TPSA) is 32.3 Å². The molecule has 0 radical (unpaired) electrons. The van der Waals surface area contributed by atoms with Crippen molar-refractivity contribution in [3.63, 3.8) is 0 Å². The fourth-order valence-electron chi connectivity index (χ4n) is 2.08. The third-order valence-corrected chi connectivity index (χ3v) is 3.29. The van der Waals surface area contributed by atoms with E-state index in [9.17, 15) is 9.50 Å². The number of nitrogens with one attached hydrogen (secondary N) is 1. The first-order chi connectivity index (χ1) is 7.66. The van der Waals surface area contributed by atoms with Gasteiger partial charge < -0.3 is 10.4 Å². The summed E-state index contributed by atoms with van der Waals surface area (Å²) >= 11 is 5.67. The largest absolute Gasteiger partial charge is 0.388 e. The molecule has 0 amide bonds. The Morgan fingerprint density at radius 2 is 2.38 bits per heavy atom. The second-order valence-corrected chi connectivity index (χ2v) is 4.63. The molecule has 2 N–H and O–H groups in total. The number of hydrogen-bond acceptors (Lipinski definition) is 2. The quantitative estimate of drug-likeness (QED) is 0.856. The molecule has 1 saturated heterocycles. The van der Waals surface area contributed by atoms with Gasteiger partial charge in [-0.15, -0.1) is 0 Å². The number of rotatable bonds is 3. The van der Waals surface area contributed by atoms with Gasteiger partial charge in [-0.2, -0.15) is 0 Å². The van der Waals surface area contributed by atoms with Crippen molar-refractivity contribution in [1.29, 1.82) is 0 Å². The number of hydrogen-bond donors (Lipinski definition) is 2. The predicted octanol–water partition coefficient (Wildman–Crippen LogP) is 2.65. The van der Waals surface area contributed by atoms with Crippen LogP contribution in [-0.2, 0) is 0 Å². The van der Waals surface area contributed by atoms with Gasteiger partial charge in [0.2, 0.25) is 0 Å². The van der Waals surface area contributed by atoms with Gasteiger partial charge in [-0.25, -0.2) is 4.39 Å². The van der Waals surface area contributed by atoms with Crippen LogP contribution in [0.4, 0.5) is 4.39 Å². The molecule has 88 valence electrons. The zero-order chi connectivity index (χ0) is 11.5. The molecule has 0 aliphatic carbocycles. The molecule has 2 unspecified atom stereocenters. The number of benzene rings is 1. The minimum atomic E-state index is -0.575. The van der Waals surface area contributed by atoms with E-state index in [4.69, 9.17) is 11.6 Å². The van der Waals surface area contributed by atoms with E-state index in [1.54, 1.807) is 6.07 Å². The average Bonchev–Trinajstić information content (AvgIpc) is 2.74. The minimum absolute atomic E-state index is 0.0657. The van der Waals surface area contributed by atoms with E-state index in [0.29, 0.717) is 18.0 Å². The van der Waals surface area contributed by atoms with Crippen LogP contribution in [0, 0.1) is 5.82 Å². The van der Waals surface area contributed by atoms with Gasteiger partial charge in [-0.05, 0) is 43.5 Å². The molecule has 0 saturated carbocycles. The lowest BCUT2D eigenvalue weighted by molar-refractivity contribution is 0.154. The number of aliphatic hydroxyl groups excluding tert-OH is 1. The summed E-state index contributed by atoms with van der Waals surface area (Å²) in [5, 5.41) is 13.4. The lowest BCUT2D eigenvalue weighted by Crippen LogP contribution is -2.23. The van der Waals surface area contributed by atoms with Gasteiger partial charge in [-0.1, -0.05) is 17.7 Å². The maximum absolute atomic E-state index is 12.9. The van der Waals surface area contributed by atoms with Crippen molar-refractivity contribution in [2.24, 2.45) is 0 Å². The van der Waals surface area contributed by atoms with Crippen molar-refractivity contribution in [3.05, 3.63) is 34.6 Å². The summed E-state index contributed by atoms with van der Waals surface area (Å²) in [6, 6.07) is 4.74. The minimum Gasteiger partial charge on any atom is -0.388 e. The smallest absolute Gasteiger partial charge is 0.141 e. The maximum atomic E-state index is 12.9. The molecule has 2 rings (SSSR count). The Morgan fingerprint density at radius 3 is 3.00 bits per heavy atom. The van der Waals surface area contributed by atoms with Crippen LogP contribution < -0.4 is 5.32 Å². The fraction of sp³-hybridized carbons (Fsp3) is 0.500. The van der Waals surface area contributed by atoms with Crippen LogP contribution in [0.2, 0.25) is 5.02 Å². The molecular formula is C12H15ClFNO. The Hall–Kier alpha value is -0.640. The van der Waals surface area contributed by atoms with Gasteiger partial charge in [0.05, 0.1) is 11.1 Å². The SMILES string of the molecule is OC(CC1CCCN1)c1ccc(F)c(Cl)c1. The van der Waals surface area contributed by atoms with Gasteiger partial charge in [0.15, 0.2) is 0 Å². The average molecular weight is 244 g/mol. The molecule has 0 spiro atoms. The van der Waals surface area contributed by atoms with Crippen molar-refractivity contribution in [3.8, 4) is 0 Å². The van der Waals surface area contributed by atoms with Crippen LogP contribution in [0.15, 0.2) is 18.2 Å². The highest BCUT2D eigenvalue weighted by molar-refractivity contribution is 6.30. The molecular weight excluding hydrogens is 229 g/mol. The van der Waals surface area contributed by atoms with Gasteiger partial charge in [0.25, 0.3) is 0 Å². The highest BCUT2D eigenvalue weighted by atomic mass is 35.5. The summed E-state index contributed by atoms with van der Waals surface area (Å²) in [5.41, 5.74) is 0.681. The summed E-state index contributed by atoms with van der Waals surface area (Å²) in [4.78, 5) is 0. The Balaban J connectivity index is 2.02. The normalized spacial score (nSPS) is 22.3. The molecule has 0 bridgehead atoms. The molecule has 1 aliphatic heterocycles. The maximum Gasteiger partial charge on any atom is 0.141 e. The van der Waals surface area contributed by atoms with Crippen molar-refractivity contribution in [2.75, 3.05) is 6.54 Å². The lowest BCUT2D eigenvalue weighted by Gasteiger charge is -2.16. The van der Waals surface area contributed by atoms with Crippen LogP contribution >= 0.6 is 11.6 Å². The van der Waals surface area contributed by atoms with Crippen LogP contribution in [0.3, 0.4) is 0 Å². The van der Waals surface area contributed by atoms with Gasteiger partial charge in [0.1, 0.15) is 5.82 Å². The molecule has 1 heterocycles. The van der Waals surface area contributed by atoms with Crippen molar-refractivity contribution in [1.82, 2.24) is 5.32 Å². The first-order valence-electron chi connectivity index (χ1n) is 5.53. The Morgan fingerprint density at radius 1 is 1.56 bits per heavy atom. The highest BCUT2D eigenvalue weighted by Gasteiger charge is 2.19. The van der Waals surface area contributed by atoms with E-state index < -0.39 is 11.9 Å². The molecule has 1 aromatic rings. The Bertz CT molecular complexity index is 366. The monoisotopic (exact) mass is 243 g/mol. The van der Waals surface area contributed by atoms with Crippen molar-refractivity contribution in [2.45, 2.75) is 31.4 Å². The Labute approximate surface area is 99.4 Å². The zero-order valence-electron chi connectivity index (χ0n) is 8.92. The molecule has 1 aliphatic rings. The predicted molar refractivity (Wildman–Crippen MR) is 62.0 cm³/mol. The van der Waals surface area contributed by atoms with Gasteiger partial charge in [-0.3, -0.25) is 0 Å². The summed E-state index contributed by atoms with van der Waals surface area (Å²) in [6.45, 7) is 1.02. The second-order valence-electron chi connectivity index (χ2n) is 4.22. The lowest BCUT2D eigenvalue weighted by atomic mass is 10.0. The van der Waals surface area contributed by atoms with E-state index in [1.807, 2.05) is 0 Å². The van der Waals surface area contributed by atoms with Crippen LogP contribution in [0.25, 0.3) is 0 Å². The number of halogens is 2. The van der Waals surface area contributed by atoms with Crippen LogP contribution in [0.1, 0.15) is 30.9 Å². The van der Waals surface area contributed by atoms with Gasteiger partial charge >= 0.3 is 0 Å². The van der Waals surface area contributed by atoms with E-state index in [1.165, 1.54) is 12.1 Å². The third kappa shape index (κ3) is 2.73. The van der Waals surface area contributed by atoms with Crippen LogP contribution in [0.5, 0.6) is 0 Å². The molecule has 1 aromatic carbocycles. The van der Waals surface area contributed by atoms with Crippen molar-refractivity contribution >= 4 is 11.6 Å². The molecule has 1 fully saturated rings. The standard InChI is InChI=1S/C12H15ClFNO/c13-10-6-8(3-4-11(10)14)12(16)7-9-2-1-5-15-9/h3-4,6,9,12,15-16H,1-2,5,7H2. The molecule has 0 aromatic heterocycles. The van der Waals surface area contributed by atoms with E-state index >= 15 is 0 Å². The fourth-order valence-corrected chi connectivity index (χ4v) is 2.27. The summed E-state index contributed by atoms with van der Waals surface area (Å²) in [5.74, 6) is -0.448. The zero-order valence-corrected chi connectivity index (χ0v) is 9.67. The van der Waals surface area contributed by atoms with E-state index in [0.717, 1.165) is 19.4 Å². The van der Waals surface area contributed by atoms with Gasteiger partial charge in [0, 0.05) is 6.04 Å². The van der Waals surface area contributed by atoms with E-state index in [2.05, 4.69) is 5.32 Å². The highest BCUT2D eigenvalue weighted by Crippen LogP contribution is 2.25. The molecule has 2 atom stereocenters. The number of aliphatic hydroxyl groups is 1. The summed E-state index contributed by atoms with van der Waals surface area (Å²) < 4.78 is 12.9. The first kappa shape index (κ1) is 11.8. The first-order valence-corrected chi connectivity index (χ1v) is 5.91. The molecule has 16 heavy (non-hydrogen) atoms. The second kappa shape index (κ2) is 5.13.